The average Bonchev–Trinajstić information content (AvgIpc) is 1.44. The smallest absolute Gasteiger partial charge is 0.0992 e. The Kier molecular flexibility index (Phi) is 11.6. The summed E-state index contributed by atoms with van der Waals surface area (Å²) in [6.07, 6.45) is 0. The molecule has 0 atom stereocenters. The maximum absolute atomic E-state index is 11.4. The minimum absolute atomic E-state index is 0.370. The summed E-state index contributed by atoms with van der Waals surface area (Å²) in [4.78, 5) is 2.35. The first-order chi connectivity index (χ1) is 46.6. The van der Waals surface area contributed by atoms with E-state index in [9.17, 15) is 10.5 Å². The monoisotopic (exact) mass is 1200 g/mol. The molecule has 0 amide bonds. The summed E-state index contributed by atoms with van der Waals surface area (Å²) < 4.78 is 12.6. The molecule has 0 aliphatic heterocycles. The Balaban J connectivity index is 1.17. The second kappa shape index (κ2) is 20.7. The van der Waals surface area contributed by atoms with E-state index in [1.165, 1.54) is 0 Å². The van der Waals surface area contributed by atoms with Gasteiger partial charge < -0.3 is 27.7 Å². The van der Waals surface area contributed by atoms with Crippen LogP contribution < -0.4 is 4.90 Å². The molecule has 0 fully saturated rings. The lowest BCUT2D eigenvalue weighted by molar-refractivity contribution is 1.00. The van der Waals surface area contributed by atoms with Crippen molar-refractivity contribution in [3.8, 4) is 51.7 Å². The van der Waals surface area contributed by atoms with Crippen LogP contribution in [0.4, 0.5) is 17.1 Å². The van der Waals surface area contributed by atoms with Crippen molar-refractivity contribution in [1.29, 1.82) is 10.5 Å². The Morgan fingerprint density at radius 1 is 0.213 bits per heavy atom. The van der Waals surface area contributed by atoms with Gasteiger partial charge in [-0.2, -0.15) is 10.5 Å². The van der Waals surface area contributed by atoms with Gasteiger partial charge in [-0.05, 0) is 121 Å². The molecule has 5 heterocycles. The molecule has 94 heavy (non-hydrogen) atoms. The number of para-hydroxylation sites is 11. The Morgan fingerprint density at radius 3 is 0.755 bits per heavy atom. The summed E-state index contributed by atoms with van der Waals surface area (Å²) in [7, 11) is 0. The molecule has 19 rings (SSSR count). The predicted molar refractivity (Wildman–Crippen MR) is 388 cm³/mol. The highest BCUT2D eigenvalue weighted by Gasteiger charge is 2.37. The molecule has 0 radical (unpaired) electrons. The zero-order chi connectivity index (χ0) is 62.1. The first-order valence-electron chi connectivity index (χ1n) is 31.7. The summed E-state index contributed by atoms with van der Waals surface area (Å²) in [6, 6.07) is 118. The Labute approximate surface area is 539 Å². The highest BCUT2D eigenvalue weighted by atomic mass is 15.2. The molecule has 0 N–H and O–H groups in total. The second-order valence-electron chi connectivity index (χ2n) is 24.2. The number of anilines is 3. The molecule has 0 aliphatic rings. The topological polar surface area (TPSA) is 75.5 Å². The number of nitrogens with zero attached hydrogens (tertiary/aromatic N) is 8. The van der Waals surface area contributed by atoms with Gasteiger partial charge in [0, 0.05) is 76.5 Å². The minimum atomic E-state index is 0.370. The van der Waals surface area contributed by atoms with Crippen molar-refractivity contribution in [2.45, 2.75) is 0 Å². The van der Waals surface area contributed by atoms with Crippen molar-refractivity contribution >= 4 is 126 Å². The SMILES string of the molecule is N#Cc1cc(C#N)cc(-c2c(-n3c4ccccc4c4ccccc43)c(-n3c4ccccc4c4ccccc43)c(-n3c4ccccc4c4cc(N(c5ccccc5)c5ccccc5)ccc43)c(-n3c4ccccc4c4ccccc43)c2-n2c3ccccc3c3ccccc32)c1. The molecule has 5 aromatic heterocycles. The third kappa shape index (κ3) is 7.60. The van der Waals surface area contributed by atoms with E-state index in [1.807, 2.05) is 12.1 Å². The van der Waals surface area contributed by atoms with Gasteiger partial charge in [0.1, 0.15) is 0 Å². The van der Waals surface area contributed by atoms with Crippen molar-refractivity contribution in [2.75, 3.05) is 4.90 Å². The number of benzene rings is 14. The van der Waals surface area contributed by atoms with Crippen molar-refractivity contribution < 1.29 is 0 Å². The maximum Gasteiger partial charge on any atom is 0.0992 e. The van der Waals surface area contributed by atoms with Gasteiger partial charge in [-0.15, -0.1) is 0 Å². The number of rotatable bonds is 9. The van der Waals surface area contributed by atoms with Crippen molar-refractivity contribution in [1.82, 2.24) is 22.8 Å². The largest absolute Gasteiger partial charge is 0.310 e. The lowest BCUT2D eigenvalue weighted by Crippen LogP contribution is -2.18. The molecule has 8 heteroatoms. The molecular weight excluding hydrogens is 1150 g/mol. The second-order valence-corrected chi connectivity index (χ2v) is 24.2. The van der Waals surface area contributed by atoms with E-state index >= 15 is 0 Å². The fraction of sp³-hybridized carbons (Fsp3) is 0. The Hall–Kier alpha value is -13.1. The van der Waals surface area contributed by atoms with Crippen LogP contribution in [0.5, 0.6) is 0 Å². The molecule has 0 aliphatic carbocycles. The molecule has 0 spiro atoms. The number of nitriles is 2. The van der Waals surface area contributed by atoms with Gasteiger partial charge in [-0.3, -0.25) is 0 Å². The number of hydrogen-bond acceptors (Lipinski definition) is 3. The van der Waals surface area contributed by atoms with E-state index in [0.29, 0.717) is 16.7 Å². The number of hydrogen-bond donors (Lipinski definition) is 0. The van der Waals surface area contributed by atoms with E-state index in [-0.39, 0.29) is 0 Å². The van der Waals surface area contributed by atoms with Gasteiger partial charge in [-0.1, -0.05) is 200 Å². The van der Waals surface area contributed by atoms with Crippen molar-refractivity contribution in [2.24, 2.45) is 0 Å². The van der Waals surface area contributed by atoms with Crippen molar-refractivity contribution in [3.05, 3.63) is 327 Å². The standard InChI is InChI=1S/C86H52N8/c87-53-55-49-56(54-88)51-57(50-55)81-82(90-71-38-16-7-29-61(71)62-30-8-17-39-72(62)90)84(92-75-42-20-11-33-65(75)66-34-12-21-43-76(66)92)86(94-79-46-24-15-37-69(79)70-52-60(47-48-80(70)94)89(58-25-3-1-4-26-58)59-27-5-2-6-28-59)85(93-77-44-22-13-35-67(77)68-36-14-23-45-78(68)93)83(81)91-73-40-18-9-31-63(73)64-32-10-19-41-74(64)91/h1-52H. The van der Waals surface area contributed by atoms with Gasteiger partial charge in [0.2, 0.25) is 0 Å². The first-order valence-corrected chi connectivity index (χ1v) is 31.7. The molecule has 0 saturated carbocycles. The van der Waals surface area contributed by atoms with Crippen LogP contribution in [0.3, 0.4) is 0 Å². The number of aromatic nitrogens is 5. The summed E-state index contributed by atoms with van der Waals surface area (Å²) in [5.41, 5.74) is 19.7. The van der Waals surface area contributed by atoms with Crippen LogP contribution in [0.25, 0.3) is 149 Å². The van der Waals surface area contributed by atoms with Crippen LogP contribution in [0.1, 0.15) is 11.1 Å². The zero-order valence-electron chi connectivity index (χ0n) is 50.6. The van der Waals surface area contributed by atoms with Gasteiger partial charge in [-0.25, -0.2) is 0 Å². The maximum atomic E-state index is 11.4. The summed E-state index contributed by atoms with van der Waals surface area (Å²) in [5, 5.41) is 33.5. The summed E-state index contributed by atoms with van der Waals surface area (Å²) >= 11 is 0. The highest BCUT2D eigenvalue weighted by molar-refractivity contribution is 6.19. The number of fused-ring (bicyclic) bond motifs is 15. The van der Waals surface area contributed by atoms with E-state index in [4.69, 9.17) is 0 Å². The Bertz CT molecular complexity index is 5920. The van der Waals surface area contributed by atoms with Crippen LogP contribution in [0.2, 0.25) is 0 Å². The molecular formula is C86H52N8. The Morgan fingerprint density at radius 2 is 0.457 bits per heavy atom. The van der Waals surface area contributed by atoms with Gasteiger partial charge >= 0.3 is 0 Å². The molecule has 0 saturated heterocycles. The normalized spacial score (nSPS) is 11.8. The highest BCUT2D eigenvalue weighted by Crippen LogP contribution is 2.55. The lowest BCUT2D eigenvalue weighted by atomic mass is 9.92. The van der Waals surface area contributed by atoms with E-state index in [0.717, 1.165) is 160 Å². The van der Waals surface area contributed by atoms with E-state index < -0.39 is 0 Å². The van der Waals surface area contributed by atoms with E-state index in [1.54, 1.807) is 6.07 Å². The zero-order valence-corrected chi connectivity index (χ0v) is 50.6. The molecule has 0 unspecified atom stereocenters. The van der Waals surface area contributed by atoms with Gasteiger partial charge in [0.25, 0.3) is 0 Å². The molecule has 0 bridgehead atoms. The van der Waals surface area contributed by atoms with Crippen LogP contribution in [-0.4, -0.2) is 22.8 Å². The fourth-order valence-corrected chi connectivity index (χ4v) is 15.5. The third-order valence-electron chi connectivity index (χ3n) is 19.2. The van der Waals surface area contributed by atoms with E-state index in [2.05, 4.69) is 337 Å². The molecule has 19 aromatic rings. The van der Waals surface area contributed by atoms with Gasteiger partial charge in [0.05, 0.1) is 107 Å². The lowest BCUT2D eigenvalue weighted by Gasteiger charge is -2.32. The summed E-state index contributed by atoms with van der Waals surface area (Å²) in [6.45, 7) is 0. The predicted octanol–water partition coefficient (Wildman–Crippen LogP) is 22.1. The first kappa shape index (κ1) is 52.8. The average molecular weight is 1200 g/mol. The quantitative estimate of drug-likeness (QED) is 0.144. The van der Waals surface area contributed by atoms with Crippen LogP contribution >= 0.6 is 0 Å². The molecule has 8 nitrogen and oxygen atoms in total. The summed E-state index contributed by atoms with van der Waals surface area (Å²) in [5.74, 6) is 0. The molecule has 14 aromatic carbocycles. The van der Waals surface area contributed by atoms with Crippen molar-refractivity contribution in [3.63, 3.8) is 0 Å². The van der Waals surface area contributed by atoms with Crippen LogP contribution in [-0.2, 0) is 0 Å². The third-order valence-corrected chi connectivity index (χ3v) is 19.2. The molecule has 436 valence electrons. The van der Waals surface area contributed by atoms with Gasteiger partial charge in [0.15, 0.2) is 0 Å². The van der Waals surface area contributed by atoms with Crippen LogP contribution in [0, 0.1) is 22.7 Å². The van der Waals surface area contributed by atoms with Crippen LogP contribution in [0.15, 0.2) is 315 Å². The fourth-order valence-electron chi connectivity index (χ4n) is 15.5. The minimum Gasteiger partial charge on any atom is -0.310 e.